The number of hydrogen-bond donors (Lipinski definition) is 2. The van der Waals surface area contributed by atoms with Crippen molar-refractivity contribution in [2.24, 2.45) is 5.92 Å². The van der Waals surface area contributed by atoms with Gasteiger partial charge in [0.25, 0.3) is 5.91 Å². The summed E-state index contributed by atoms with van der Waals surface area (Å²) in [7, 11) is 3.09. The normalized spacial score (nSPS) is 23.1. The van der Waals surface area contributed by atoms with Gasteiger partial charge in [0.2, 0.25) is 5.91 Å². The van der Waals surface area contributed by atoms with Crippen molar-refractivity contribution in [1.29, 1.82) is 0 Å². The minimum absolute atomic E-state index is 0.0145. The van der Waals surface area contributed by atoms with Crippen molar-refractivity contribution < 1.29 is 23.9 Å². The number of urea groups is 1. The number of amides is 4. The number of methoxy groups -OCH3 is 2. The molecule has 1 aromatic carbocycles. The minimum atomic E-state index is -1.21. The summed E-state index contributed by atoms with van der Waals surface area (Å²) in [6.07, 6.45) is 1.82. The Balaban J connectivity index is 1.62. The molecule has 2 aliphatic rings. The summed E-state index contributed by atoms with van der Waals surface area (Å²) >= 11 is 6.06. The molecule has 2 unspecified atom stereocenters. The quantitative estimate of drug-likeness (QED) is 0.638. The molecule has 0 spiro atoms. The zero-order valence-electron chi connectivity index (χ0n) is 17.5. The number of piperidine rings is 1. The first-order valence-corrected chi connectivity index (χ1v) is 10.4. The molecule has 30 heavy (non-hydrogen) atoms. The Hall–Kier alpha value is -2.32. The van der Waals surface area contributed by atoms with Gasteiger partial charge in [0, 0.05) is 31.1 Å². The molecule has 3 rings (SSSR count). The van der Waals surface area contributed by atoms with E-state index in [0.29, 0.717) is 18.1 Å². The van der Waals surface area contributed by atoms with Gasteiger partial charge in [-0.25, -0.2) is 4.79 Å². The van der Waals surface area contributed by atoms with Crippen LogP contribution in [0.3, 0.4) is 0 Å². The maximum Gasteiger partial charge on any atom is 0.322 e. The summed E-state index contributed by atoms with van der Waals surface area (Å²) in [5.41, 5.74) is -0.109. The average molecular weight is 438 g/mol. The van der Waals surface area contributed by atoms with Crippen LogP contribution in [-0.2, 0) is 14.3 Å². The van der Waals surface area contributed by atoms with Gasteiger partial charge in [0.1, 0.15) is 11.3 Å². The smallest absolute Gasteiger partial charge is 0.322 e. The first-order chi connectivity index (χ1) is 14.3. The number of hydrogen-bond acceptors (Lipinski definition) is 5. The van der Waals surface area contributed by atoms with Crippen LogP contribution in [0, 0.1) is 5.92 Å². The summed E-state index contributed by atoms with van der Waals surface area (Å²) in [5.74, 6) is 0.135. The first-order valence-electron chi connectivity index (χ1n) is 10.0. The van der Waals surface area contributed by atoms with Gasteiger partial charge in [-0.15, -0.1) is 0 Å². The SMILES string of the molecule is COCC1(CC(C)C(=O)N2CCC(c3ccc(Cl)cc3OC)CC2)NC(=O)NC1=O. The highest BCUT2D eigenvalue weighted by atomic mass is 35.5. The van der Waals surface area contributed by atoms with Crippen LogP contribution in [0.2, 0.25) is 5.02 Å². The van der Waals surface area contributed by atoms with Crippen LogP contribution < -0.4 is 15.4 Å². The standard InChI is InChI=1S/C21H28ClN3O5/c1-13(11-21(12-29-2)19(27)23-20(28)24-21)18(26)25-8-6-14(7-9-25)16-5-4-15(22)10-17(16)30-3/h4-5,10,13-14H,6-9,11-12H2,1-3H3,(H2,23,24,27,28). The fraction of sp³-hybridized carbons (Fsp3) is 0.571. The topological polar surface area (TPSA) is 97.0 Å². The lowest BCUT2D eigenvalue weighted by atomic mass is 9.86. The Morgan fingerprint density at radius 1 is 1.30 bits per heavy atom. The highest BCUT2D eigenvalue weighted by Gasteiger charge is 2.48. The van der Waals surface area contributed by atoms with Crippen LogP contribution in [0.5, 0.6) is 5.75 Å². The summed E-state index contributed by atoms with van der Waals surface area (Å²) in [5, 5.41) is 5.50. The van der Waals surface area contributed by atoms with E-state index in [1.807, 2.05) is 23.1 Å². The second-order valence-electron chi connectivity index (χ2n) is 8.01. The third kappa shape index (κ3) is 4.54. The van der Waals surface area contributed by atoms with E-state index >= 15 is 0 Å². The largest absolute Gasteiger partial charge is 0.496 e. The number of ether oxygens (including phenoxy) is 2. The van der Waals surface area contributed by atoms with Gasteiger partial charge in [-0.05, 0) is 42.9 Å². The van der Waals surface area contributed by atoms with Crippen molar-refractivity contribution in [3.05, 3.63) is 28.8 Å². The van der Waals surface area contributed by atoms with Crippen molar-refractivity contribution in [2.75, 3.05) is 33.9 Å². The van der Waals surface area contributed by atoms with E-state index in [0.717, 1.165) is 24.2 Å². The molecule has 2 fully saturated rings. The average Bonchev–Trinajstić information content (AvgIpc) is 3.00. The summed E-state index contributed by atoms with van der Waals surface area (Å²) < 4.78 is 10.6. The van der Waals surface area contributed by atoms with Crippen molar-refractivity contribution in [1.82, 2.24) is 15.5 Å². The van der Waals surface area contributed by atoms with Gasteiger partial charge in [-0.1, -0.05) is 24.6 Å². The Morgan fingerprint density at radius 3 is 2.57 bits per heavy atom. The van der Waals surface area contributed by atoms with Crippen molar-refractivity contribution >= 4 is 29.4 Å². The number of likely N-dealkylation sites (tertiary alicyclic amines) is 1. The Kier molecular flexibility index (Phi) is 6.88. The molecule has 8 nitrogen and oxygen atoms in total. The van der Waals surface area contributed by atoms with Crippen LogP contribution in [0.1, 0.15) is 37.7 Å². The van der Waals surface area contributed by atoms with E-state index < -0.39 is 23.4 Å². The van der Waals surface area contributed by atoms with E-state index in [1.54, 1.807) is 14.0 Å². The van der Waals surface area contributed by atoms with Gasteiger partial charge in [-0.3, -0.25) is 14.9 Å². The Bertz CT molecular complexity index is 825. The van der Waals surface area contributed by atoms with Crippen molar-refractivity contribution in [2.45, 2.75) is 37.6 Å². The molecule has 9 heteroatoms. The van der Waals surface area contributed by atoms with Gasteiger partial charge in [0.15, 0.2) is 0 Å². The number of halogens is 1. The third-order valence-electron chi connectivity index (χ3n) is 5.92. The first kappa shape index (κ1) is 22.4. The lowest BCUT2D eigenvalue weighted by Gasteiger charge is -2.35. The zero-order valence-corrected chi connectivity index (χ0v) is 18.3. The lowest BCUT2D eigenvalue weighted by Crippen LogP contribution is -2.53. The summed E-state index contributed by atoms with van der Waals surface area (Å²) in [4.78, 5) is 38.8. The molecule has 0 aliphatic carbocycles. The summed E-state index contributed by atoms with van der Waals surface area (Å²) in [6, 6.07) is 5.10. The van der Waals surface area contributed by atoms with Crippen LogP contribution in [0.25, 0.3) is 0 Å². The Morgan fingerprint density at radius 2 is 2.00 bits per heavy atom. The molecular formula is C21H28ClN3O5. The van der Waals surface area contributed by atoms with E-state index in [4.69, 9.17) is 21.1 Å². The molecule has 164 valence electrons. The lowest BCUT2D eigenvalue weighted by molar-refractivity contribution is -0.138. The molecule has 2 atom stereocenters. The summed E-state index contributed by atoms with van der Waals surface area (Å²) in [6.45, 7) is 3.04. The van der Waals surface area contributed by atoms with Crippen LogP contribution in [0.15, 0.2) is 18.2 Å². The van der Waals surface area contributed by atoms with Crippen LogP contribution in [0.4, 0.5) is 4.79 Å². The van der Waals surface area contributed by atoms with E-state index in [-0.39, 0.29) is 24.9 Å². The fourth-order valence-corrected chi connectivity index (χ4v) is 4.60. The van der Waals surface area contributed by atoms with Crippen molar-refractivity contribution in [3.8, 4) is 5.75 Å². The maximum atomic E-state index is 13.0. The van der Waals surface area contributed by atoms with Gasteiger partial charge < -0.3 is 19.7 Å². The molecule has 2 saturated heterocycles. The molecule has 0 radical (unpaired) electrons. The van der Waals surface area contributed by atoms with Gasteiger partial charge in [0.05, 0.1) is 13.7 Å². The van der Waals surface area contributed by atoms with Gasteiger partial charge in [-0.2, -0.15) is 0 Å². The van der Waals surface area contributed by atoms with Crippen molar-refractivity contribution in [3.63, 3.8) is 0 Å². The molecular weight excluding hydrogens is 410 g/mol. The number of nitrogens with zero attached hydrogens (tertiary/aromatic N) is 1. The second kappa shape index (κ2) is 9.22. The molecule has 2 N–H and O–H groups in total. The predicted molar refractivity (Wildman–Crippen MR) is 112 cm³/mol. The van der Waals surface area contributed by atoms with Crippen LogP contribution in [-0.4, -0.2) is 62.2 Å². The highest BCUT2D eigenvalue weighted by molar-refractivity contribution is 6.30. The molecule has 2 heterocycles. The van der Waals surface area contributed by atoms with E-state index in [9.17, 15) is 14.4 Å². The molecule has 0 saturated carbocycles. The number of imide groups is 1. The van der Waals surface area contributed by atoms with E-state index in [2.05, 4.69) is 10.6 Å². The molecule has 4 amide bonds. The number of nitrogens with one attached hydrogen (secondary N) is 2. The number of rotatable bonds is 7. The fourth-order valence-electron chi connectivity index (χ4n) is 4.43. The number of benzene rings is 1. The number of carbonyl (C=O) groups excluding carboxylic acids is 3. The molecule has 2 aliphatic heterocycles. The molecule has 0 aromatic heterocycles. The Labute approximate surface area is 181 Å². The van der Waals surface area contributed by atoms with E-state index in [1.165, 1.54) is 7.11 Å². The number of carbonyl (C=O) groups is 3. The zero-order chi connectivity index (χ0) is 21.9. The molecule has 1 aromatic rings. The minimum Gasteiger partial charge on any atom is -0.496 e. The second-order valence-corrected chi connectivity index (χ2v) is 8.45. The highest BCUT2D eigenvalue weighted by Crippen LogP contribution is 2.36. The van der Waals surface area contributed by atoms with Crippen LogP contribution >= 0.6 is 11.6 Å². The molecule has 0 bridgehead atoms. The predicted octanol–water partition coefficient (Wildman–Crippen LogP) is 2.31. The monoisotopic (exact) mass is 437 g/mol. The maximum absolute atomic E-state index is 13.0. The van der Waals surface area contributed by atoms with Gasteiger partial charge >= 0.3 is 6.03 Å². The third-order valence-corrected chi connectivity index (χ3v) is 6.16.